The Kier molecular flexibility index (Phi) is 4.31. The summed E-state index contributed by atoms with van der Waals surface area (Å²) in [4.78, 5) is 15.8. The average Bonchev–Trinajstić information content (AvgIpc) is 2.92. The van der Waals surface area contributed by atoms with E-state index < -0.39 is 0 Å². The van der Waals surface area contributed by atoms with Gasteiger partial charge >= 0.3 is 0 Å². The topological polar surface area (TPSA) is 30.0 Å². The number of benzene rings is 2. The molecule has 0 saturated carbocycles. The number of aromatic nitrogens is 1. The molecule has 0 spiro atoms. The Hall–Kier alpha value is -1.72. The average molecular weight is 317 g/mol. The van der Waals surface area contributed by atoms with Crippen molar-refractivity contribution in [2.75, 3.05) is 5.75 Å². The van der Waals surface area contributed by atoms with Crippen LogP contribution in [0.15, 0.2) is 52.9 Å². The molecule has 0 radical (unpaired) electrons. The van der Waals surface area contributed by atoms with Crippen molar-refractivity contribution in [3.63, 3.8) is 0 Å². The maximum atomic E-state index is 12.9. The second-order valence-electron chi connectivity index (χ2n) is 4.55. The van der Waals surface area contributed by atoms with E-state index >= 15 is 0 Å². The third kappa shape index (κ3) is 3.31. The van der Waals surface area contributed by atoms with Crippen LogP contribution in [0, 0.1) is 5.82 Å². The van der Waals surface area contributed by atoms with Gasteiger partial charge in [-0.1, -0.05) is 36.0 Å². The smallest absolute Gasteiger partial charge is 0.151 e. The number of hydrogen-bond acceptors (Lipinski definition) is 4. The molecule has 0 N–H and O–H groups in total. The van der Waals surface area contributed by atoms with E-state index in [9.17, 15) is 9.18 Å². The Labute approximate surface area is 130 Å². The van der Waals surface area contributed by atoms with Crippen LogP contribution in [0.2, 0.25) is 0 Å². The van der Waals surface area contributed by atoms with Crippen molar-refractivity contribution >= 4 is 39.6 Å². The zero-order chi connectivity index (χ0) is 14.7. The largest absolute Gasteiger partial charge is 0.303 e. The first-order valence-electron chi connectivity index (χ1n) is 6.45. The van der Waals surface area contributed by atoms with Crippen LogP contribution in [0.3, 0.4) is 0 Å². The number of nitrogens with zero attached hydrogens (tertiary/aromatic N) is 1. The fourth-order valence-electron chi connectivity index (χ4n) is 2.00. The number of para-hydroxylation sites is 1. The fourth-order valence-corrected chi connectivity index (χ4v) is 4.16. The van der Waals surface area contributed by atoms with Crippen LogP contribution in [-0.4, -0.2) is 17.0 Å². The van der Waals surface area contributed by atoms with Gasteiger partial charge in [0.1, 0.15) is 12.1 Å². The van der Waals surface area contributed by atoms with Crippen LogP contribution >= 0.6 is 23.1 Å². The Morgan fingerprint density at radius 2 is 1.95 bits per heavy atom. The summed E-state index contributed by atoms with van der Waals surface area (Å²) >= 11 is 3.18. The van der Waals surface area contributed by atoms with Crippen LogP contribution in [-0.2, 0) is 4.79 Å². The first kappa shape index (κ1) is 14.2. The van der Waals surface area contributed by atoms with Gasteiger partial charge in [0, 0.05) is 11.7 Å². The predicted octanol–water partition coefficient (Wildman–Crippen LogP) is 4.51. The second-order valence-corrected chi connectivity index (χ2v) is 6.85. The molecule has 0 fully saturated rings. The van der Waals surface area contributed by atoms with Crippen LogP contribution in [0.25, 0.3) is 10.2 Å². The standard InChI is InChI=1S/C16H12FNOS2/c17-13-7-5-11(6-8-13)12(9-19)10-20-16-18-14-3-1-2-4-15(14)21-16/h1-9,12H,10H2. The molecule has 0 bridgehead atoms. The van der Waals surface area contributed by atoms with E-state index in [4.69, 9.17) is 0 Å². The molecule has 1 atom stereocenters. The molecule has 1 unspecified atom stereocenters. The van der Waals surface area contributed by atoms with Gasteiger partial charge in [-0.05, 0) is 29.8 Å². The normalized spacial score (nSPS) is 12.4. The van der Waals surface area contributed by atoms with Gasteiger partial charge < -0.3 is 4.79 Å². The first-order valence-corrected chi connectivity index (χ1v) is 8.25. The molecule has 106 valence electrons. The number of aldehydes is 1. The quantitative estimate of drug-likeness (QED) is 0.512. The lowest BCUT2D eigenvalue weighted by Crippen LogP contribution is -2.03. The SMILES string of the molecule is O=CC(CSc1nc2ccccc2s1)c1ccc(F)cc1. The molecular formula is C16H12FNOS2. The van der Waals surface area contributed by atoms with Crippen LogP contribution in [0.4, 0.5) is 4.39 Å². The van der Waals surface area contributed by atoms with Crippen molar-refractivity contribution in [1.82, 2.24) is 4.98 Å². The van der Waals surface area contributed by atoms with Crippen molar-refractivity contribution in [2.45, 2.75) is 10.3 Å². The number of thioether (sulfide) groups is 1. The minimum atomic E-state index is -0.290. The highest BCUT2D eigenvalue weighted by Crippen LogP contribution is 2.32. The highest BCUT2D eigenvalue weighted by Gasteiger charge is 2.13. The van der Waals surface area contributed by atoms with Gasteiger partial charge in [-0.15, -0.1) is 11.3 Å². The van der Waals surface area contributed by atoms with E-state index in [1.54, 1.807) is 35.2 Å². The third-order valence-electron chi connectivity index (χ3n) is 3.12. The fraction of sp³-hybridized carbons (Fsp3) is 0.125. The number of hydrogen-bond donors (Lipinski definition) is 0. The molecular weight excluding hydrogens is 305 g/mol. The maximum absolute atomic E-state index is 12.9. The van der Waals surface area contributed by atoms with E-state index in [0.717, 1.165) is 26.4 Å². The van der Waals surface area contributed by atoms with Crippen molar-refractivity contribution in [3.05, 3.63) is 59.9 Å². The van der Waals surface area contributed by atoms with E-state index in [0.29, 0.717) is 5.75 Å². The molecule has 0 amide bonds. The Morgan fingerprint density at radius 3 is 2.67 bits per heavy atom. The second kappa shape index (κ2) is 6.37. The molecule has 1 aromatic heterocycles. The minimum absolute atomic E-state index is 0.248. The highest BCUT2D eigenvalue weighted by atomic mass is 32.2. The first-order chi connectivity index (χ1) is 10.3. The van der Waals surface area contributed by atoms with Crippen LogP contribution in [0.5, 0.6) is 0 Å². The Morgan fingerprint density at radius 1 is 1.19 bits per heavy atom. The molecule has 2 aromatic carbocycles. The summed E-state index contributed by atoms with van der Waals surface area (Å²) < 4.78 is 15.0. The lowest BCUT2D eigenvalue weighted by molar-refractivity contribution is -0.108. The third-order valence-corrected chi connectivity index (χ3v) is 5.42. The summed E-state index contributed by atoms with van der Waals surface area (Å²) in [6, 6.07) is 14.1. The monoisotopic (exact) mass is 317 g/mol. The molecule has 2 nitrogen and oxygen atoms in total. The van der Waals surface area contributed by atoms with Gasteiger partial charge in [-0.2, -0.15) is 0 Å². The number of halogens is 1. The van der Waals surface area contributed by atoms with Gasteiger partial charge in [0.15, 0.2) is 4.34 Å². The molecule has 0 aliphatic heterocycles. The van der Waals surface area contributed by atoms with Gasteiger partial charge in [0.05, 0.1) is 10.2 Å². The molecule has 5 heteroatoms. The van der Waals surface area contributed by atoms with Crippen molar-refractivity contribution in [3.8, 4) is 0 Å². The summed E-state index contributed by atoms with van der Waals surface area (Å²) in [6.45, 7) is 0. The summed E-state index contributed by atoms with van der Waals surface area (Å²) in [6.07, 6.45) is 0.910. The van der Waals surface area contributed by atoms with E-state index in [1.807, 2.05) is 24.3 Å². The Balaban J connectivity index is 1.72. The lowest BCUT2D eigenvalue weighted by Gasteiger charge is -2.08. The van der Waals surface area contributed by atoms with E-state index in [2.05, 4.69) is 4.98 Å². The number of fused-ring (bicyclic) bond motifs is 1. The predicted molar refractivity (Wildman–Crippen MR) is 85.5 cm³/mol. The van der Waals surface area contributed by atoms with Crippen LogP contribution in [0.1, 0.15) is 11.5 Å². The molecule has 3 rings (SSSR count). The summed E-state index contributed by atoms with van der Waals surface area (Å²) in [7, 11) is 0. The molecule has 21 heavy (non-hydrogen) atoms. The summed E-state index contributed by atoms with van der Waals surface area (Å²) in [5.41, 5.74) is 1.81. The number of thiazole rings is 1. The van der Waals surface area contributed by atoms with Crippen LogP contribution < -0.4 is 0 Å². The van der Waals surface area contributed by atoms with Crippen molar-refractivity contribution in [1.29, 1.82) is 0 Å². The zero-order valence-electron chi connectivity index (χ0n) is 11.0. The highest BCUT2D eigenvalue weighted by molar-refractivity contribution is 8.01. The van der Waals surface area contributed by atoms with Crippen molar-refractivity contribution in [2.24, 2.45) is 0 Å². The van der Waals surface area contributed by atoms with Gasteiger partial charge in [-0.3, -0.25) is 0 Å². The lowest BCUT2D eigenvalue weighted by atomic mass is 10.0. The summed E-state index contributed by atoms with van der Waals surface area (Å²) in [5.74, 6) is 0.0689. The minimum Gasteiger partial charge on any atom is -0.303 e. The molecule has 1 heterocycles. The number of carbonyl (C=O) groups is 1. The molecule has 3 aromatic rings. The van der Waals surface area contributed by atoms with E-state index in [-0.39, 0.29) is 11.7 Å². The van der Waals surface area contributed by atoms with Gasteiger partial charge in [0.2, 0.25) is 0 Å². The summed E-state index contributed by atoms with van der Waals surface area (Å²) in [5, 5.41) is 0. The zero-order valence-corrected chi connectivity index (χ0v) is 12.7. The number of rotatable bonds is 5. The Bertz CT molecular complexity index is 721. The molecule has 0 saturated heterocycles. The molecule has 0 aliphatic carbocycles. The number of carbonyl (C=O) groups excluding carboxylic acids is 1. The van der Waals surface area contributed by atoms with Gasteiger partial charge in [-0.25, -0.2) is 9.37 Å². The van der Waals surface area contributed by atoms with E-state index in [1.165, 1.54) is 12.1 Å². The molecule has 0 aliphatic rings. The van der Waals surface area contributed by atoms with Crippen molar-refractivity contribution < 1.29 is 9.18 Å². The van der Waals surface area contributed by atoms with Gasteiger partial charge in [0.25, 0.3) is 0 Å². The maximum Gasteiger partial charge on any atom is 0.151 e.